The maximum absolute atomic E-state index is 11.1. The Balaban J connectivity index is 1.89. The van der Waals surface area contributed by atoms with Crippen LogP contribution in [0.3, 0.4) is 0 Å². The third-order valence-corrected chi connectivity index (χ3v) is 5.79. The van der Waals surface area contributed by atoms with Gasteiger partial charge in [0.25, 0.3) is 5.82 Å². The molecular formula is C25H39N2O2+. The van der Waals surface area contributed by atoms with Gasteiger partial charge in [0.15, 0.2) is 0 Å². The molecule has 0 aliphatic carbocycles. The second-order valence-corrected chi connectivity index (χ2v) is 8.14. The van der Waals surface area contributed by atoms with Gasteiger partial charge >= 0.3 is 5.97 Å². The van der Waals surface area contributed by atoms with E-state index in [2.05, 4.69) is 36.1 Å². The van der Waals surface area contributed by atoms with E-state index in [1.54, 1.807) is 12.1 Å². The van der Waals surface area contributed by atoms with E-state index >= 15 is 0 Å². The minimum Gasteiger partial charge on any atom is -0.478 e. The molecule has 0 amide bonds. The first kappa shape index (κ1) is 23.2. The highest BCUT2D eigenvalue weighted by Crippen LogP contribution is 2.13. The zero-order chi connectivity index (χ0) is 21.1. The van der Waals surface area contributed by atoms with Gasteiger partial charge in [0.05, 0.1) is 12.1 Å². The van der Waals surface area contributed by atoms with Crippen molar-refractivity contribution in [3.8, 4) is 0 Å². The third-order valence-electron chi connectivity index (χ3n) is 5.79. The molecule has 0 bridgehead atoms. The molecule has 0 saturated carbocycles. The van der Waals surface area contributed by atoms with Crippen LogP contribution in [0, 0.1) is 6.92 Å². The van der Waals surface area contributed by atoms with Gasteiger partial charge in [-0.05, 0) is 31.0 Å². The standard InChI is InChI=1S/C25H38N2O2/c1-4-6-7-8-9-10-11-12-13-14-24-26(19-21(3)27(24)5-2)20-22-15-17-23(18-16-22)25(28)29/h15-19H,4-14,20H2,1-3H3/p+1. The lowest BCUT2D eigenvalue weighted by Crippen LogP contribution is -2.37. The SMILES string of the molecule is CCCCCCCCCCCc1n(CC)c(C)c[n+]1Cc1ccc(C(=O)O)cc1. The lowest BCUT2D eigenvalue weighted by Gasteiger charge is -2.06. The van der Waals surface area contributed by atoms with Crippen molar-refractivity contribution < 1.29 is 14.5 Å². The molecule has 0 aliphatic rings. The molecule has 160 valence electrons. The number of hydrogen-bond acceptors (Lipinski definition) is 1. The Morgan fingerprint density at radius 2 is 1.52 bits per heavy atom. The van der Waals surface area contributed by atoms with Crippen LogP contribution >= 0.6 is 0 Å². The van der Waals surface area contributed by atoms with E-state index in [0.29, 0.717) is 5.56 Å². The zero-order valence-electron chi connectivity index (χ0n) is 18.6. The number of hydrogen-bond donors (Lipinski definition) is 1. The summed E-state index contributed by atoms with van der Waals surface area (Å²) in [7, 11) is 0. The van der Waals surface area contributed by atoms with Gasteiger partial charge in [-0.15, -0.1) is 0 Å². The largest absolute Gasteiger partial charge is 0.478 e. The first-order valence-electron chi connectivity index (χ1n) is 11.5. The van der Waals surface area contributed by atoms with Crippen molar-refractivity contribution in [1.82, 2.24) is 4.57 Å². The lowest BCUT2D eigenvalue weighted by atomic mass is 10.1. The molecule has 4 heteroatoms. The molecule has 2 aromatic rings. The fourth-order valence-electron chi connectivity index (χ4n) is 4.12. The Morgan fingerprint density at radius 1 is 0.931 bits per heavy atom. The van der Waals surface area contributed by atoms with Gasteiger partial charge in [0.1, 0.15) is 18.4 Å². The quantitative estimate of drug-likeness (QED) is 0.316. The number of carbonyl (C=O) groups is 1. The fraction of sp³-hybridized carbons (Fsp3) is 0.600. The maximum atomic E-state index is 11.1. The molecule has 1 N–H and O–H groups in total. The Morgan fingerprint density at radius 3 is 2.07 bits per heavy atom. The number of aryl methyl sites for hydroxylation is 1. The van der Waals surface area contributed by atoms with Crippen LogP contribution in [-0.2, 0) is 19.5 Å². The topological polar surface area (TPSA) is 46.1 Å². The summed E-state index contributed by atoms with van der Waals surface area (Å²) in [5.74, 6) is 0.512. The van der Waals surface area contributed by atoms with E-state index in [-0.39, 0.29) is 0 Å². The summed E-state index contributed by atoms with van der Waals surface area (Å²) in [4.78, 5) is 11.1. The lowest BCUT2D eigenvalue weighted by molar-refractivity contribution is -0.695. The van der Waals surface area contributed by atoms with Crippen molar-refractivity contribution in [1.29, 1.82) is 0 Å². The van der Waals surface area contributed by atoms with Gasteiger partial charge in [-0.1, -0.05) is 70.4 Å². The molecule has 0 atom stereocenters. The number of carboxylic acid groups (broad SMARTS) is 1. The summed E-state index contributed by atoms with van der Waals surface area (Å²) in [6, 6.07) is 7.25. The van der Waals surface area contributed by atoms with E-state index in [1.807, 2.05) is 12.1 Å². The molecule has 0 radical (unpaired) electrons. The summed E-state index contributed by atoms with van der Waals surface area (Å²) in [5, 5.41) is 9.09. The van der Waals surface area contributed by atoms with Crippen molar-refractivity contribution in [2.75, 3.05) is 0 Å². The van der Waals surface area contributed by atoms with Crippen molar-refractivity contribution in [3.63, 3.8) is 0 Å². The number of benzene rings is 1. The summed E-state index contributed by atoms with van der Waals surface area (Å²) >= 11 is 0. The van der Waals surface area contributed by atoms with Crippen LogP contribution in [0.2, 0.25) is 0 Å². The first-order chi connectivity index (χ1) is 14.1. The van der Waals surface area contributed by atoms with E-state index < -0.39 is 5.97 Å². The molecular weight excluding hydrogens is 360 g/mol. The monoisotopic (exact) mass is 399 g/mol. The van der Waals surface area contributed by atoms with Crippen LogP contribution in [0.5, 0.6) is 0 Å². The molecule has 2 rings (SSSR count). The molecule has 1 aromatic heterocycles. The predicted molar refractivity (Wildman–Crippen MR) is 118 cm³/mol. The number of unbranched alkanes of at least 4 members (excludes halogenated alkanes) is 8. The number of rotatable bonds is 14. The van der Waals surface area contributed by atoms with E-state index in [9.17, 15) is 4.79 Å². The maximum Gasteiger partial charge on any atom is 0.335 e. The Labute approximate surface area is 176 Å². The highest BCUT2D eigenvalue weighted by atomic mass is 16.4. The second kappa shape index (κ2) is 12.5. The Bertz CT molecular complexity index is 747. The smallest absolute Gasteiger partial charge is 0.335 e. The molecule has 0 spiro atoms. The number of imidazole rings is 1. The van der Waals surface area contributed by atoms with Crippen LogP contribution in [0.1, 0.15) is 99.1 Å². The summed E-state index contributed by atoms with van der Waals surface area (Å²) in [6.45, 7) is 8.43. The second-order valence-electron chi connectivity index (χ2n) is 8.14. The molecule has 0 aliphatic heterocycles. The van der Waals surface area contributed by atoms with Crippen LogP contribution in [0.25, 0.3) is 0 Å². The van der Waals surface area contributed by atoms with Gasteiger partial charge in [0, 0.05) is 13.3 Å². The van der Waals surface area contributed by atoms with Crippen molar-refractivity contribution in [3.05, 3.63) is 53.1 Å². The van der Waals surface area contributed by atoms with E-state index in [1.165, 1.54) is 69.3 Å². The number of nitrogens with zero attached hydrogens (tertiary/aromatic N) is 2. The van der Waals surface area contributed by atoms with Crippen LogP contribution < -0.4 is 4.57 Å². The van der Waals surface area contributed by atoms with Gasteiger partial charge in [-0.2, -0.15) is 0 Å². The number of aromatic nitrogens is 2. The van der Waals surface area contributed by atoms with Gasteiger partial charge < -0.3 is 5.11 Å². The van der Waals surface area contributed by atoms with Gasteiger partial charge in [0.2, 0.25) is 0 Å². The van der Waals surface area contributed by atoms with Crippen molar-refractivity contribution in [2.45, 2.75) is 98.1 Å². The van der Waals surface area contributed by atoms with Crippen molar-refractivity contribution in [2.24, 2.45) is 0 Å². The third kappa shape index (κ3) is 7.34. The first-order valence-corrected chi connectivity index (χ1v) is 11.5. The summed E-state index contributed by atoms with van der Waals surface area (Å²) in [6.07, 6.45) is 15.5. The van der Waals surface area contributed by atoms with E-state index in [0.717, 1.165) is 25.1 Å². The fourth-order valence-corrected chi connectivity index (χ4v) is 4.12. The minimum atomic E-state index is -0.872. The summed E-state index contributed by atoms with van der Waals surface area (Å²) in [5.41, 5.74) is 2.78. The Hall–Kier alpha value is -2.10. The van der Waals surface area contributed by atoms with E-state index in [4.69, 9.17) is 5.11 Å². The van der Waals surface area contributed by atoms with Gasteiger partial charge in [-0.25, -0.2) is 13.9 Å². The van der Waals surface area contributed by atoms with Crippen molar-refractivity contribution >= 4 is 5.97 Å². The molecule has 29 heavy (non-hydrogen) atoms. The molecule has 0 fully saturated rings. The Kier molecular flexibility index (Phi) is 9.96. The minimum absolute atomic E-state index is 0.343. The molecule has 0 unspecified atom stereocenters. The van der Waals surface area contributed by atoms with Crippen LogP contribution in [0.15, 0.2) is 30.5 Å². The zero-order valence-corrected chi connectivity index (χ0v) is 18.6. The average molecular weight is 400 g/mol. The molecule has 1 aromatic carbocycles. The summed E-state index contributed by atoms with van der Waals surface area (Å²) < 4.78 is 4.76. The van der Waals surface area contributed by atoms with Crippen LogP contribution in [-0.4, -0.2) is 15.6 Å². The number of aromatic carboxylic acids is 1. The highest BCUT2D eigenvalue weighted by Gasteiger charge is 2.19. The van der Waals surface area contributed by atoms with Crippen LogP contribution in [0.4, 0.5) is 0 Å². The molecule has 4 nitrogen and oxygen atoms in total. The molecule has 1 heterocycles. The number of carboxylic acids is 1. The highest BCUT2D eigenvalue weighted by molar-refractivity contribution is 5.87. The average Bonchev–Trinajstić information content (AvgIpc) is 3.01. The molecule has 0 saturated heterocycles. The predicted octanol–water partition coefficient (Wildman–Crippen LogP) is 5.92. The van der Waals surface area contributed by atoms with Gasteiger partial charge in [-0.3, -0.25) is 0 Å². The normalized spacial score (nSPS) is 11.1.